The van der Waals surface area contributed by atoms with Gasteiger partial charge in [0.05, 0.1) is 19.7 Å². The van der Waals surface area contributed by atoms with Crippen LogP contribution in [0.3, 0.4) is 0 Å². The van der Waals surface area contributed by atoms with Gasteiger partial charge in [0, 0.05) is 37.7 Å². The number of ether oxygens (including phenoxy) is 1. The molecular weight excluding hydrogens is 390 g/mol. The van der Waals surface area contributed by atoms with Gasteiger partial charge in [-0.15, -0.1) is 0 Å². The quantitative estimate of drug-likeness (QED) is 0.491. The van der Waals surface area contributed by atoms with Crippen molar-refractivity contribution >= 4 is 11.9 Å². The van der Waals surface area contributed by atoms with Gasteiger partial charge in [-0.1, -0.05) is 31.5 Å². The molecule has 2 aliphatic heterocycles. The molecule has 1 amide bonds. The van der Waals surface area contributed by atoms with Crippen molar-refractivity contribution in [2.45, 2.75) is 58.0 Å². The molecule has 0 bridgehead atoms. The second-order valence-corrected chi connectivity index (χ2v) is 8.40. The molecule has 2 N–H and O–H groups in total. The number of para-hydroxylation sites is 1. The maximum atomic E-state index is 12.0. The highest BCUT2D eigenvalue weighted by atomic mass is 16.5. The van der Waals surface area contributed by atoms with Crippen LogP contribution in [0.1, 0.15) is 57.6 Å². The molecule has 0 saturated carbocycles. The number of guanidine groups is 1. The van der Waals surface area contributed by atoms with Crippen LogP contribution >= 0.6 is 0 Å². The van der Waals surface area contributed by atoms with Crippen LogP contribution in [-0.2, 0) is 4.79 Å². The minimum atomic E-state index is 0.189. The molecule has 2 atom stereocenters. The number of amides is 1. The molecule has 2 heterocycles. The Morgan fingerprint density at radius 1 is 1.19 bits per heavy atom. The fraction of sp³-hybridized carbons (Fsp3) is 0.667. The number of carbonyl (C=O) groups is 1. The Labute approximate surface area is 187 Å². The highest BCUT2D eigenvalue weighted by molar-refractivity contribution is 5.80. The molecule has 0 spiro atoms. The number of piperidine rings is 1. The molecule has 2 saturated heterocycles. The summed E-state index contributed by atoms with van der Waals surface area (Å²) in [4.78, 5) is 21.5. The summed E-state index contributed by atoms with van der Waals surface area (Å²) in [5.74, 6) is 1.98. The van der Waals surface area contributed by atoms with E-state index < -0.39 is 0 Å². The van der Waals surface area contributed by atoms with E-state index in [1.54, 1.807) is 7.11 Å². The predicted octanol–water partition coefficient (Wildman–Crippen LogP) is 2.79. The van der Waals surface area contributed by atoms with E-state index in [-0.39, 0.29) is 18.0 Å². The lowest BCUT2D eigenvalue weighted by molar-refractivity contribution is -0.129. The second kappa shape index (κ2) is 11.9. The lowest BCUT2D eigenvalue weighted by Crippen LogP contribution is -2.45. The fourth-order valence-electron chi connectivity index (χ4n) is 4.60. The van der Waals surface area contributed by atoms with Crippen LogP contribution in [0.25, 0.3) is 0 Å². The Balaban J connectivity index is 1.73. The second-order valence-electron chi connectivity index (χ2n) is 8.40. The van der Waals surface area contributed by atoms with Gasteiger partial charge in [0.25, 0.3) is 0 Å². The van der Waals surface area contributed by atoms with Crippen molar-refractivity contribution in [3.05, 3.63) is 29.8 Å². The van der Waals surface area contributed by atoms with Gasteiger partial charge in [0.1, 0.15) is 5.75 Å². The molecular formula is C24H39N5O2. The first-order valence-electron chi connectivity index (χ1n) is 11.9. The van der Waals surface area contributed by atoms with E-state index in [1.165, 1.54) is 24.8 Å². The molecule has 3 rings (SSSR count). The number of benzene rings is 1. The molecule has 0 aliphatic carbocycles. The first-order valence-corrected chi connectivity index (χ1v) is 11.9. The van der Waals surface area contributed by atoms with Crippen molar-refractivity contribution in [1.82, 2.24) is 20.4 Å². The van der Waals surface area contributed by atoms with Gasteiger partial charge in [-0.05, 0) is 45.3 Å². The maximum Gasteiger partial charge on any atom is 0.222 e. The van der Waals surface area contributed by atoms with Crippen LogP contribution in [0.2, 0.25) is 0 Å². The van der Waals surface area contributed by atoms with Gasteiger partial charge in [-0.2, -0.15) is 0 Å². The minimum absolute atomic E-state index is 0.189. The first-order chi connectivity index (χ1) is 15.2. The van der Waals surface area contributed by atoms with Crippen LogP contribution in [0.4, 0.5) is 0 Å². The van der Waals surface area contributed by atoms with Gasteiger partial charge in [-0.25, -0.2) is 0 Å². The van der Waals surface area contributed by atoms with E-state index >= 15 is 0 Å². The Bertz CT molecular complexity index is 732. The molecule has 7 heteroatoms. The highest BCUT2D eigenvalue weighted by Gasteiger charge is 2.27. The minimum Gasteiger partial charge on any atom is -0.496 e. The third-order valence-electron chi connectivity index (χ3n) is 6.28. The molecule has 0 aromatic heterocycles. The van der Waals surface area contributed by atoms with Crippen LogP contribution < -0.4 is 15.4 Å². The predicted molar refractivity (Wildman–Crippen MR) is 126 cm³/mol. The molecule has 172 valence electrons. The number of hydrogen-bond acceptors (Lipinski definition) is 4. The average Bonchev–Trinajstić information content (AvgIpc) is 3.28. The molecule has 7 nitrogen and oxygen atoms in total. The zero-order chi connectivity index (χ0) is 22.1. The summed E-state index contributed by atoms with van der Waals surface area (Å²) >= 11 is 0. The van der Waals surface area contributed by atoms with Crippen LogP contribution in [-0.4, -0.2) is 74.1 Å². The maximum absolute atomic E-state index is 12.0. The summed E-state index contributed by atoms with van der Waals surface area (Å²) in [5, 5.41) is 6.95. The van der Waals surface area contributed by atoms with Crippen LogP contribution in [0, 0.1) is 0 Å². The van der Waals surface area contributed by atoms with Crippen LogP contribution in [0.5, 0.6) is 5.75 Å². The van der Waals surface area contributed by atoms with Crippen LogP contribution in [0.15, 0.2) is 29.3 Å². The SMILES string of the molecule is CCNC(=NCC(c1ccccc1OC)N1CCCCC1)NC1CCN(C(=O)CC)C1. The number of aliphatic imine (C=N–C) groups is 1. The van der Waals surface area contributed by atoms with Gasteiger partial charge in [0.15, 0.2) is 5.96 Å². The summed E-state index contributed by atoms with van der Waals surface area (Å²) in [5.41, 5.74) is 1.20. The van der Waals surface area contributed by atoms with E-state index in [0.29, 0.717) is 13.0 Å². The van der Waals surface area contributed by atoms with E-state index in [4.69, 9.17) is 9.73 Å². The third kappa shape index (κ3) is 6.35. The normalized spacial score (nSPS) is 21.1. The topological polar surface area (TPSA) is 69.2 Å². The zero-order valence-electron chi connectivity index (χ0n) is 19.4. The Hall–Kier alpha value is -2.28. The summed E-state index contributed by atoms with van der Waals surface area (Å²) in [7, 11) is 1.74. The Morgan fingerprint density at radius 3 is 2.68 bits per heavy atom. The highest BCUT2D eigenvalue weighted by Crippen LogP contribution is 2.31. The van der Waals surface area contributed by atoms with Crippen molar-refractivity contribution in [3.63, 3.8) is 0 Å². The molecule has 31 heavy (non-hydrogen) atoms. The summed E-state index contributed by atoms with van der Waals surface area (Å²) < 4.78 is 5.68. The van der Waals surface area contributed by atoms with E-state index in [2.05, 4.69) is 34.6 Å². The Kier molecular flexibility index (Phi) is 9.00. The monoisotopic (exact) mass is 429 g/mol. The van der Waals surface area contributed by atoms with E-state index in [1.807, 2.05) is 24.0 Å². The summed E-state index contributed by atoms with van der Waals surface area (Å²) in [6, 6.07) is 8.74. The van der Waals surface area contributed by atoms with E-state index in [0.717, 1.165) is 50.9 Å². The van der Waals surface area contributed by atoms with Gasteiger partial charge < -0.3 is 20.3 Å². The van der Waals surface area contributed by atoms with Crippen molar-refractivity contribution in [2.24, 2.45) is 4.99 Å². The smallest absolute Gasteiger partial charge is 0.222 e. The lowest BCUT2D eigenvalue weighted by Gasteiger charge is -2.34. The number of likely N-dealkylation sites (tertiary alicyclic amines) is 2. The van der Waals surface area contributed by atoms with Crippen molar-refractivity contribution in [2.75, 3.05) is 46.4 Å². The largest absolute Gasteiger partial charge is 0.496 e. The third-order valence-corrected chi connectivity index (χ3v) is 6.28. The lowest BCUT2D eigenvalue weighted by atomic mass is 10.0. The molecule has 2 aliphatic rings. The van der Waals surface area contributed by atoms with E-state index in [9.17, 15) is 4.79 Å². The molecule has 0 radical (unpaired) electrons. The zero-order valence-corrected chi connectivity index (χ0v) is 19.4. The summed E-state index contributed by atoms with van der Waals surface area (Å²) in [6.45, 7) is 9.24. The average molecular weight is 430 g/mol. The number of hydrogen-bond donors (Lipinski definition) is 2. The van der Waals surface area contributed by atoms with Gasteiger partial charge >= 0.3 is 0 Å². The Morgan fingerprint density at radius 2 is 1.97 bits per heavy atom. The summed E-state index contributed by atoms with van der Waals surface area (Å²) in [6.07, 6.45) is 5.29. The fourth-order valence-corrected chi connectivity index (χ4v) is 4.60. The number of methoxy groups -OCH3 is 1. The number of nitrogens with zero attached hydrogens (tertiary/aromatic N) is 3. The molecule has 2 unspecified atom stereocenters. The standard InChI is InChI=1S/C24H39N5O2/c1-4-23(30)29-16-13-19(18-29)27-24(25-5-2)26-17-21(28-14-9-6-10-15-28)20-11-7-8-12-22(20)31-3/h7-8,11-12,19,21H,4-6,9-10,13-18H2,1-3H3,(H2,25,26,27). The van der Waals surface area contributed by atoms with Crippen molar-refractivity contribution in [3.8, 4) is 5.75 Å². The van der Waals surface area contributed by atoms with Gasteiger partial charge in [0.2, 0.25) is 5.91 Å². The molecule has 1 aromatic carbocycles. The van der Waals surface area contributed by atoms with Crippen molar-refractivity contribution in [1.29, 1.82) is 0 Å². The molecule has 2 fully saturated rings. The van der Waals surface area contributed by atoms with Crippen molar-refractivity contribution < 1.29 is 9.53 Å². The van der Waals surface area contributed by atoms with Gasteiger partial charge in [-0.3, -0.25) is 14.7 Å². The molecule has 1 aromatic rings. The number of carbonyl (C=O) groups excluding carboxylic acids is 1. The number of rotatable bonds is 8. The first kappa shape index (κ1) is 23.4. The number of nitrogens with one attached hydrogen (secondary N) is 2.